The average molecular weight is 617 g/mol. The highest BCUT2D eigenvalue weighted by atomic mass is 15.2. The van der Waals surface area contributed by atoms with Crippen LogP contribution in [0.15, 0.2) is 157 Å². The Morgan fingerprint density at radius 2 is 1.08 bits per heavy atom. The molecule has 0 bridgehead atoms. The fourth-order valence-electron chi connectivity index (χ4n) is 7.23. The third-order valence-corrected chi connectivity index (χ3v) is 9.40. The Morgan fingerprint density at radius 1 is 0.500 bits per heavy atom. The van der Waals surface area contributed by atoms with E-state index in [9.17, 15) is 0 Å². The second-order valence-electron chi connectivity index (χ2n) is 12.2. The third-order valence-electron chi connectivity index (χ3n) is 9.40. The fraction of sp³-hybridized carbons (Fsp3) is 0.0238. The van der Waals surface area contributed by atoms with E-state index in [1.807, 2.05) is 30.5 Å². The lowest BCUT2D eigenvalue weighted by atomic mass is 10.1. The van der Waals surface area contributed by atoms with Gasteiger partial charge in [-0.3, -0.25) is 9.56 Å². The molecule has 1 aliphatic heterocycles. The quantitative estimate of drug-likeness (QED) is 0.214. The largest absolute Gasteiger partial charge is 0.356 e. The molecule has 0 aliphatic carbocycles. The van der Waals surface area contributed by atoms with Gasteiger partial charge in [-0.1, -0.05) is 115 Å². The third kappa shape index (κ3) is 4.02. The maximum atomic E-state index is 5.29. The highest BCUT2D eigenvalue weighted by Crippen LogP contribution is 2.42. The molecule has 0 saturated heterocycles. The van der Waals surface area contributed by atoms with Crippen LogP contribution in [0.1, 0.15) is 11.6 Å². The number of para-hydroxylation sites is 3. The summed E-state index contributed by atoms with van der Waals surface area (Å²) >= 11 is 0. The van der Waals surface area contributed by atoms with Crippen LogP contribution in [-0.4, -0.2) is 25.3 Å². The molecule has 1 atom stereocenters. The van der Waals surface area contributed by atoms with E-state index in [1.165, 1.54) is 16.3 Å². The molecule has 10 rings (SSSR count). The molecular formula is C42H28N6. The Hall–Kier alpha value is -6.53. The van der Waals surface area contributed by atoms with E-state index in [4.69, 9.17) is 15.0 Å². The smallest absolute Gasteiger partial charge is 0.237 e. The molecule has 0 radical (unpaired) electrons. The van der Waals surface area contributed by atoms with Crippen molar-refractivity contribution in [3.8, 4) is 22.9 Å². The monoisotopic (exact) mass is 616 g/mol. The van der Waals surface area contributed by atoms with E-state index in [-0.39, 0.29) is 6.04 Å². The zero-order valence-electron chi connectivity index (χ0n) is 25.8. The van der Waals surface area contributed by atoms with Gasteiger partial charge in [0.15, 0.2) is 5.82 Å². The molecule has 0 amide bonds. The molecule has 6 heteroatoms. The van der Waals surface area contributed by atoms with Crippen LogP contribution in [0.4, 0.5) is 11.5 Å². The van der Waals surface area contributed by atoms with Crippen molar-refractivity contribution in [2.24, 2.45) is 4.99 Å². The molecule has 1 unspecified atom stereocenters. The Kier molecular flexibility index (Phi) is 5.84. The minimum absolute atomic E-state index is 0.107. The maximum Gasteiger partial charge on any atom is 0.237 e. The Bertz CT molecular complexity index is 2690. The van der Waals surface area contributed by atoms with Crippen LogP contribution in [0.3, 0.4) is 0 Å². The summed E-state index contributed by atoms with van der Waals surface area (Å²) in [6, 6.07) is 52.9. The lowest BCUT2D eigenvalue weighted by Gasteiger charge is -2.23. The van der Waals surface area contributed by atoms with Crippen molar-refractivity contribution in [1.29, 1.82) is 0 Å². The highest BCUT2D eigenvalue weighted by Gasteiger charge is 2.25. The fourth-order valence-corrected chi connectivity index (χ4v) is 7.23. The minimum atomic E-state index is -0.107. The molecule has 4 heterocycles. The van der Waals surface area contributed by atoms with Crippen molar-refractivity contribution in [2.75, 3.05) is 5.32 Å². The van der Waals surface area contributed by atoms with Crippen LogP contribution in [0.5, 0.6) is 0 Å². The SMILES string of the molecule is C1=Nc2c(nc(-n3c4ccccc4c4cc5c6ccccc6n(-c6ccccc6)c5cc43)nc2-c2ccccc2)NC1c1ccccc1. The number of nitrogens with zero attached hydrogens (tertiary/aromatic N) is 5. The van der Waals surface area contributed by atoms with Gasteiger partial charge in [-0.15, -0.1) is 0 Å². The van der Waals surface area contributed by atoms with Crippen LogP contribution in [-0.2, 0) is 0 Å². The minimum Gasteiger partial charge on any atom is -0.356 e. The van der Waals surface area contributed by atoms with Gasteiger partial charge in [0, 0.05) is 39.0 Å². The summed E-state index contributed by atoms with van der Waals surface area (Å²) in [6.45, 7) is 0. The van der Waals surface area contributed by atoms with Crippen molar-refractivity contribution < 1.29 is 0 Å². The van der Waals surface area contributed by atoms with Crippen molar-refractivity contribution in [1.82, 2.24) is 19.1 Å². The first-order valence-corrected chi connectivity index (χ1v) is 16.2. The summed E-state index contributed by atoms with van der Waals surface area (Å²) in [5, 5.41) is 8.43. The summed E-state index contributed by atoms with van der Waals surface area (Å²) in [5.41, 5.74) is 9.16. The molecule has 0 spiro atoms. The number of anilines is 1. The molecule has 6 aromatic carbocycles. The number of fused-ring (bicyclic) bond motifs is 7. The van der Waals surface area contributed by atoms with Crippen LogP contribution in [0.2, 0.25) is 0 Å². The van der Waals surface area contributed by atoms with Gasteiger partial charge in [0.05, 0.1) is 28.1 Å². The lowest BCUT2D eigenvalue weighted by Crippen LogP contribution is -2.18. The standard InChI is InChI=1S/C42H28N6/c1-4-14-27(15-5-1)34-26-43-40-39(28-16-6-2-7-17-28)45-42(46-41(40)44-34)48-36-23-13-11-21-31(36)33-24-32-30-20-10-12-22-35(30)47(37(32)25-38(33)48)29-18-8-3-9-19-29/h1-26,34H,(H,44,45,46). The van der Waals surface area contributed by atoms with Crippen molar-refractivity contribution in [2.45, 2.75) is 6.04 Å². The summed E-state index contributed by atoms with van der Waals surface area (Å²) < 4.78 is 4.57. The molecule has 48 heavy (non-hydrogen) atoms. The molecule has 6 nitrogen and oxygen atoms in total. The van der Waals surface area contributed by atoms with Gasteiger partial charge >= 0.3 is 0 Å². The summed E-state index contributed by atoms with van der Waals surface area (Å²) in [7, 11) is 0. The van der Waals surface area contributed by atoms with E-state index >= 15 is 0 Å². The number of hydrogen-bond acceptors (Lipinski definition) is 4. The van der Waals surface area contributed by atoms with E-state index < -0.39 is 0 Å². The van der Waals surface area contributed by atoms with Crippen molar-refractivity contribution in [3.05, 3.63) is 157 Å². The molecule has 226 valence electrons. The predicted octanol–water partition coefficient (Wildman–Crippen LogP) is 10.2. The van der Waals surface area contributed by atoms with Gasteiger partial charge in [0.25, 0.3) is 0 Å². The van der Waals surface area contributed by atoms with E-state index in [2.05, 4.69) is 142 Å². The number of rotatable bonds is 4. The molecular weight excluding hydrogens is 589 g/mol. The highest BCUT2D eigenvalue weighted by molar-refractivity contribution is 6.19. The summed E-state index contributed by atoms with van der Waals surface area (Å²) in [6.07, 6.45) is 1.95. The molecule has 0 saturated carbocycles. The van der Waals surface area contributed by atoms with Crippen LogP contribution < -0.4 is 5.32 Å². The first kappa shape index (κ1) is 26.7. The number of aliphatic imine (C=N–C) groups is 1. The van der Waals surface area contributed by atoms with Crippen molar-refractivity contribution >= 4 is 61.3 Å². The number of hydrogen-bond donors (Lipinski definition) is 1. The van der Waals surface area contributed by atoms with Crippen LogP contribution in [0.25, 0.3) is 66.5 Å². The summed E-state index contributed by atoms with van der Waals surface area (Å²) in [5.74, 6) is 1.30. The van der Waals surface area contributed by atoms with Gasteiger partial charge in [0.2, 0.25) is 5.95 Å². The number of aromatic nitrogens is 4. The number of nitrogens with one attached hydrogen (secondary N) is 1. The Balaban J connectivity index is 1.28. The van der Waals surface area contributed by atoms with Crippen LogP contribution in [0, 0.1) is 0 Å². The lowest BCUT2D eigenvalue weighted by molar-refractivity contribution is 0.953. The molecule has 9 aromatic rings. The summed E-state index contributed by atoms with van der Waals surface area (Å²) in [4.78, 5) is 15.5. The molecule has 1 N–H and O–H groups in total. The average Bonchev–Trinajstić information content (AvgIpc) is 3.66. The van der Waals surface area contributed by atoms with Gasteiger partial charge < -0.3 is 9.88 Å². The van der Waals surface area contributed by atoms with Gasteiger partial charge in [0.1, 0.15) is 11.4 Å². The molecule has 3 aromatic heterocycles. The van der Waals surface area contributed by atoms with E-state index in [0.717, 1.165) is 55.5 Å². The Morgan fingerprint density at radius 3 is 1.79 bits per heavy atom. The zero-order chi connectivity index (χ0) is 31.6. The van der Waals surface area contributed by atoms with Gasteiger partial charge in [-0.2, -0.15) is 4.98 Å². The van der Waals surface area contributed by atoms with Crippen LogP contribution >= 0.6 is 0 Å². The first-order chi connectivity index (χ1) is 23.8. The van der Waals surface area contributed by atoms with Gasteiger partial charge in [-0.05, 0) is 42.0 Å². The maximum absolute atomic E-state index is 5.29. The zero-order valence-corrected chi connectivity index (χ0v) is 25.8. The number of benzene rings is 6. The first-order valence-electron chi connectivity index (χ1n) is 16.2. The van der Waals surface area contributed by atoms with Gasteiger partial charge in [-0.25, -0.2) is 4.98 Å². The van der Waals surface area contributed by atoms with E-state index in [1.54, 1.807) is 0 Å². The second-order valence-corrected chi connectivity index (χ2v) is 12.2. The molecule has 0 fully saturated rings. The van der Waals surface area contributed by atoms with Crippen molar-refractivity contribution in [3.63, 3.8) is 0 Å². The predicted molar refractivity (Wildman–Crippen MR) is 197 cm³/mol. The van der Waals surface area contributed by atoms with E-state index in [0.29, 0.717) is 11.8 Å². The second kappa shape index (κ2) is 10.5. The Labute approximate surface area is 276 Å². The normalized spacial score (nSPS) is 14.1. The molecule has 1 aliphatic rings. The topological polar surface area (TPSA) is 60.0 Å².